The van der Waals surface area contributed by atoms with Gasteiger partial charge in [-0.2, -0.15) is 0 Å². The quantitative estimate of drug-likeness (QED) is 0.847. The highest BCUT2D eigenvalue weighted by molar-refractivity contribution is 5.96. The summed E-state index contributed by atoms with van der Waals surface area (Å²) in [6, 6.07) is 11.3. The molecule has 5 nitrogen and oxygen atoms in total. The molecule has 2 rings (SSSR count). The lowest BCUT2D eigenvalue weighted by molar-refractivity contribution is -0.117. The third kappa shape index (κ3) is 5.39. The van der Waals surface area contributed by atoms with Crippen LogP contribution < -0.4 is 10.6 Å². The Morgan fingerprint density at radius 3 is 2.40 bits per heavy atom. The number of likely N-dealkylation sites (N-methyl/N-ethyl adjacent to an activating group) is 1. The largest absolute Gasteiger partial charge is 0.355 e. The summed E-state index contributed by atoms with van der Waals surface area (Å²) in [5.41, 5.74) is 2.97. The molecule has 0 aliphatic carbocycles. The van der Waals surface area contributed by atoms with Crippen LogP contribution in [-0.4, -0.2) is 37.4 Å². The third-order valence-corrected chi connectivity index (χ3v) is 3.77. The first-order chi connectivity index (χ1) is 11.9. The van der Waals surface area contributed by atoms with Crippen molar-refractivity contribution in [3.63, 3.8) is 0 Å². The van der Waals surface area contributed by atoms with E-state index < -0.39 is 0 Å². The number of nitrogens with zero attached hydrogens (tertiary/aromatic N) is 1. The van der Waals surface area contributed by atoms with Crippen LogP contribution in [0.2, 0.25) is 0 Å². The van der Waals surface area contributed by atoms with Crippen LogP contribution in [0.3, 0.4) is 0 Å². The summed E-state index contributed by atoms with van der Waals surface area (Å²) in [7, 11) is 3.40. The van der Waals surface area contributed by atoms with Gasteiger partial charge in [0.2, 0.25) is 5.91 Å². The van der Waals surface area contributed by atoms with Crippen molar-refractivity contribution in [2.24, 2.45) is 0 Å². The fraction of sp³-hybridized carbons (Fsp3) is 0.263. The Bertz CT molecular complexity index is 760. The second kappa shape index (κ2) is 8.39. The van der Waals surface area contributed by atoms with E-state index >= 15 is 0 Å². The van der Waals surface area contributed by atoms with E-state index in [-0.39, 0.29) is 24.2 Å². The van der Waals surface area contributed by atoms with Gasteiger partial charge in [-0.05, 0) is 55.4 Å². The number of carbonyl (C=O) groups is 2. The third-order valence-electron chi connectivity index (χ3n) is 3.77. The number of rotatable bonds is 6. The van der Waals surface area contributed by atoms with Gasteiger partial charge in [0.15, 0.2) is 0 Å². The second-order valence-electron chi connectivity index (χ2n) is 5.96. The van der Waals surface area contributed by atoms with Gasteiger partial charge >= 0.3 is 0 Å². The minimum Gasteiger partial charge on any atom is -0.355 e. The van der Waals surface area contributed by atoms with Crippen LogP contribution >= 0.6 is 0 Å². The Hall–Kier alpha value is -2.73. The molecule has 2 N–H and O–H groups in total. The van der Waals surface area contributed by atoms with Gasteiger partial charge in [0.25, 0.3) is 5.91 Å². The predicted molar refractivity (Wildman–Crippen MR) is 95.9 cm³/mol. The molecular formula is C19H22FN3O2. The minimum absolute atomic E-state index is 0.152. The zero-order chi connectivity index (χ0) is 18.4. The highest BCUT2D eigenvalue weighted by Gasteiger charge is 2.11. The molecule has 0 saturated heterocycles. The molecule has 2 aromatic rings. The van der Waals surface area contributed by atoms with Gasteiger partial charge in [-0.15, -0.1) is 0 Å². The lowest BCUT2D eigenvalue weighted by Crippen LogP contribution is -2.30. The maximum atomic E-state index is 12.9. The zero-order valence-corrected chi connectivity index (χ0v) is 14.6. The zero-order valence-electron chi connectivity index (χ0n) is 14.6. The Kier molecular flexibility index (Phi) is 6.25. The molecule has 132 valence electrons. The fourth-order valence-electron chi connectivity index (χ4n) is 2.48. The molecule has 0 heterocycles. The second-order valence-corrected chi connectivity index (χ2v) is 5.96. The lowest BCUT2D eigenvalue weighted by atomic mass is 10.1. The SMILES string of the molecule is CNC(=O)c1ccc(NC(=O)CN(C)Cc2ccc(F)cc2)c(C)c1. The molecule has 0 fully saturated rings. The number of benzene rings is 2. The highest BCUT2D eigenvalue weighted by atomic mass is 19.1. The molecule has 0 bridgehead atoms. The highest BCUT2D eigenvalue weighted by Crippen LogP contribution is 2.16. The monoisotopic (exact) mass is 343 g/mol. The van der Waals surface area contributed by atoms with Crippen LogP contribution in [0.1, 0.15) is 21.5 Å². The van der Waals surface area contributed by atoms with Crippen LogP contribution in [0.5, 0.6) is 0 Å². The van der Waals surface area contributed by atoms with Gasteiger partial charge in [-0.3, -0.25) is 14.5 Å². The summed E-state index contributed by atoms with van der Waals surface area (Å²) in [4.78, 5) is 25.7. The lowest BCUT2D eigenvalue weighted by Gasteiger charge is -2.17. The number of aryl methyl sites for hydroxylation is 1. The molecule has 0 spiro atoms. The number of anilines is 1. The number of hydrogen-bond donors (Lipinski definition) is 2. The molecular weight excluding hydrogens is 321 g/mol. The smallest absolute Gasteiger partial charge is 0.251 e. The van der Waals surface area contributed by atoms with Gasteiger partial charge in [-0.1, -0.05) is 12.1 Å². The number of nitrogens with one attached hydrogen (secondary N) is 2. The van der Waals surface area contributed by atoms with Crippen molar-refractivity contribution in [3.8, 4) is 0 Å². The minimum atomic E-state index is -0.278. The molecule has 25 heavy (non-hydrogen) atoms. The Balaban J connectivity index is 1.93. The molecule has 0 saturated carbocycles. The average molecular weight is 343 g/mol. The first kappa shape index (κ1) is 18.6. The van der Waals surface area contributed by atoms with Gasteiger partial charge < -0.3 is 10.6 Å². The maximum Gasteiger partial charge on any atom is 0.251 e. The molecule has 0 radical (unpaired) electrons. The molecule has 0 aliphatic heterocycles. The van der Waals surface area contributed by atoms with Crippen molar-refractivity contribution in [2.75, 3.05) is 26.0 Å². The number of amides is 2. The van der Waals surface area contributed by atoms with Crippen LogP contribution in [0.15, 0.2) is 42.5 Å². The van der Waals surface area contributed by atoms with Gasteiger partial charge in [0, 0.05) is 24.8 Å². The van der Waals surface area contributed by atoms with E-state index in [9.17, 15) is 14.0 Å². The fourth-order valence-corrected chi connectivity index (χ4v) is 2.48. The number of halogens is 1. The maximum absolute atomic E-state index is 12.9. The Morgan fingerprint density at radius 1 is 1.12 bits per heavy atom. The van der Waals surface area contributed by atoms with Crippen molar-refractivity contribution in [3.05, 3.63) is 65.0 Å². The van der Waals surface area contributed by atoms with Crippen molar-refractivity contribution < 1.29 is 14.0 Å². The van der Waals surface area contributed by atoms with Crippen molar-refractivity contribution >= 4 is 17.5 Å². The van der Waals surface area contributed by atoms with Gasteiger partial charge in [-0.25, -0.2) is 4.39 Å². The van der Waals surface area contributed by atoms with E-state index in [2.05, 4.69) is 10.6 Å². The predicted octanol–water partition coefficient (Wildman–Crippen LogP) is 2.56. The van der Waals surface area contributed by atoms with Gasteiger partial charge in [0.05, 0.1) is 6.54 Å². The van der Waals surface area contributed by atoms with Crippen LogP contribution in [0.25, 0.3) is 0 Å². The first-order valence-electron chi connectivity index (χ1n) is 7.94. The van der Waals surface area contributed by atoms with Crippen LogP contribution in [0.4, 0.5) is 10.1 Å². The number of hydrogen-bond acceptors (Lipinski definition) is 3. The summed E-state index contributed by atoms with van der Waals surface area (Å²) < 4.78 is 12.9. The van der Waals surface area contributed by atoms with E-state index in [1.807, 2.05) is 18.9 Å². The van der Waals surface area contributed by atoms with E-state index in [1.165, 1.54) is 12.1 Å². The topological polar surface area (TPSA) is 61.4 Å². The number of carbonyl (C=O) groups excluding carboxylic acids is 2. The Labute approximate surface area is 146 Å². The molecule has 0 unspecified atom stereocenters. The van der Waals surface area contributed by atoms with E-state index in [4.69, 9.17) is 0 Å². The summed E-state index contributed by atoms with van der Waals surface area (Å²) in [5, 5.41) is 5.41. The summed E-state index contributed by atoms with van der Waals surface area (Å²) >= 11 is 0. The summed E-state index contributed by atoms with van der Waals surface area (Å²) in [5.74, 6) is -0.597. The summed E-state index contributed by atoms with van der Waals surface area (Å²) in [6.45, 7) is 2.58. The molecule has 0 aromatic heterocycles. The van der Waals surface area contributed by atoms with Crippen LogP contribution in [-0.2, 0) is 11.3 Å². The standard InChI is InChI=1S/C19H22FN3O2/c1-13-10-15(19(25)21-2)6-9-17(13)22-18(24)12-23(3)11-14-4-7-16(20)8-5-14/h4-10H,11-12H2,1-3H3,(H,21,25)(H,22,24). The Morgan fingerprint density at radius 2 is 1.80 bits per heavy atom. The molecule has 0 atom stereocenters. The summed E-state index contributed by atoms with van der Waals surface area (Å²) in [6.07, 6.45) is 0. The molecule has 2 aromatic carbocycles. The van der Waals surface area contributed by atoms with E-state index in [0.717, 1.165) is 11.1 Å². The van der Waals surface area contributed by atoms with Crippen molar-refractivity contribution in [1.29, 1.82) is 0 Å². The normalized spacial score (nSPS) is 10.6. The van der Waals surface area contributed by atoms with E-state index in [1.54, 1.807) is 37.4 Å². The van der Waals surface area contributed by atoms with E-state index in [0.29, 0.717) is 17.8 Å². The molecule has 0 aliphatic rings. The molecule has 2 amide bonds. The van der Waals surface area contributed by atoms with Crippen LogP contribution in [0, 0.1) is 12.7 Å². The van der Waals surface area contributed by atoms with Crippen molar-refractivity contribution in [2.45, 2.75) is 13.5 Å². The molecule has 6 heteroatoms. The first-order valence-corrected chi connectivity index (χ1v) is 7.94. The average Bonchev–Trinajstić information content (AvgIpc) is 2.57. The van der Waals surface area contributed by atoms with Crippen molar-refractivity contribution in [1.82, 2.24) is 10.2 Å². The van der Waals surface area contributed by atoms with Gasteiger partial charge in [0.1, 0.15) is 5.82 Å².